The maximum Gasteiger partial charge on any atom is 0.186 e. The van der Waals surface area contributed by atoms with Gasteiger partial charge in [0, 0.05) is 19.4 Å². The molecule has 2 aliphatic heterocycles. The van der Waals surface area contributed by atoms with Crippen molar-refractivity contribution in [2.24, 2.45) is 46.3 Å². The second-order valence-electron chi connectivity index (χ2n) is 18.1. The maximum atomic E-state index is 12.6. The Morgan fingerprint density at radius 2 is 1.51 bits per heavy atom. The summed E-state index contributed by atoms with van der Waals surface area (Å²) in [6.07, 6.45) is -4.97. The lowest BCUT2D eigenvalue weighted by Crippen LogP contribution is -2.68. The van der Waals surface area contributed by atoms with Crippen LogP contribution in [-0.2, 0) is 23.7 Å². The van der Waals surface area contributed by atoms with Crippen LogP contribution in [0.2, 0.25) is 0 Å². The van der Waals surface area contributed by atoms with Crippen molar-refractivity contribution < 1.29 is 64.5 Å². The summed E-state index contributed by atoms with van der Waals surface area (Å²) in [5.41, 5.74) is -1.77. The van der Waals surface area contributed by atoms with Crippen molar-refractivity contribution in [1.82, 2.24) is 0 Å². The van der Waals surface area contributed by atoms with E-state index in [9.17, 15) is 40.9 Å². The molecule has 2 heterocycles. The van der Waals surface area contributed by atoms with Crippen molar-refractivity contribution in [2.75, 3.05) is 20.3 Å². The van der Waals surface area contributed by atoms with Gasteiger partial charge in [-0.1, -0.05) is 34.6 Å². The van der Waals surface area contributed by atoms with E-state index in [1.807, 2.05) is 13.8 Å². The average molecular weight is 731 g/mol. The van der Waals surface area contributed by atoms with Gasteiger partial charge in [-0.05, 0) is 91.8 Å². The molecule has 6 aliphatic rings. The largest absolute Gasteiger partial charge is 0.393 e. The van der Waals surface area contributed by atoms with E-state index in [-0.39, 0.29) is 72.1 Å². The number of methoxy groups -OCH3 is 1. The first-order valence-corrected chi connectivity index (χ1v) is 19.5. The first-order valence-electron chi connectivity index (χ1n) is 19.5. The average Bonchev–Trinajstić information content (AvgIpc) is 3.50. The lowest BCUT2D eigenvalue weighted by molar-refractivity contribution is -0.285. The quantitative estimate of drug-likeness (QED) is 0.150. The Labute approximate surface area is 302 Å². The topological polar surface area (TPSA) is 208 Å². The van der Waals surface area contributed by atoms with E-state index in [2.05, 4.69) is 20.8 Å². The summed E-state index contributed by atoms with van der Waals surface area (Å²) in [4.78, 5) is 0. The van der Waals surface area contributed by atoms with E-state index < -0.39 is 73.1 Å². The smallest absolute Gasteiger partial charge is 0.186 e. The van der Waals surface area contributed by atoms with Crippen LogP contribution in [0.1, 0.15) is 92.4 Å². The predicted octanol–water partition coefficient (Wildman–Crippen LogP) is 1.08. The highest BCUT2D eigenvalue weighted by Gasteiger charge is 2.70. The first-order chi connectivity index (χ1) is 24.0. The zero-order valence-electron chi connectivity index (χ0n) is 31.3. The van der Waals surface area contributed by atoms with Gasteiger partial charge in [0.1, 0.15) is 36.6 Å². The van der Waals surface area contributed by atoms with Crippen molar-refractivity contribution in [1.29, 1.82) is 0 Å². The SMILES string of the molecule is COC1C(OCC2OC(OC(CCC(C)C3CC(O)C4C3(C)CCC3C5(C)CCC(O)CC5C(O)CC34O)C(C)C)C(O)C2O)OCC(O)C1O. The van der Waals surface area contributed by atoms with Gasteiger partial charge in [-0.2, -0.15) is 0 Å². The van der Waals surface area contributed by atoms with Gasteiger partial charge in [-0.3, -0.25) is 0 Å². The van der Waals surface area contributed by atoms with E-state index in [1.165, 1.54) is 7.11 Å². The summed E-state index contributed by atoms with van der Waals surface area (Å²) >= 11 is 0. The van der Waals surface area contributed by atoms with E-state index in [0.29, 0.717) is 25.7 Å². The Bertz CT molecular complexity index is 1180. The van der Waals surface area contributed by atoms with Crippen molar-refractivity contribution in [3.05, 3.63) is 0 Å². The molecule has 2 saturated heterocycles. The van der Waals surface area contributed by atoms with Gasteiger partial charge < -0.3 is 64.5 Å². The van der Waals surface area contributed by atoms with Gasteiger partial charge in [0.15, 0.2) is 12.6 Å². The van der Waals surface area contributed by atoms with Gasteiger partial charge >= 0.3 is 0 Å². The highest BCUT2D eigenvalue weighted by Crippen LogP contribution is 2.69. The third-order valence-electron chi connectivity index (χ3n) is 14.8. The number of rotatable bonds is 11. The zero-order chi connectivity index (χ0) is 37.2. The van der Waals surface area contributed by atoms with E-state index >= 15 is 0 Å². The molecule has 0 spiro atoms. The molecule has 0 aromatic rings. The molecule has 13 nitrogen and oxygen atoms in total. The fraction of sp³-hybridized carbons (Fsp3) is 1.00. The minimum atomic E-state index is -1.31. The standard InChI is InChI=1S/C38H66O13/c1-18(2)26(50-34-31(45)30(44)27(51-34)17-49-35-32(47-6)29(43)25(42)16-48-35)8-7-19(3)21-14-23(40)33-37(21,5)12-10-28-36(4)11-9-20(39)13-22(36)24(41)15-38(28,33)46/h18-35,39-46H,7-17H2,1-6H3. The second kappa shape index (κ2) is 15.2. The molecule has 51 heavy (non-hydrogen) atoms. The van der Waals surface area contributed by atoms with Crippen molar-refractivity contribution in [3.63, 3.8) is 0 Å². The molecule has 20 unspecified atom stereocenters. The van der Waals surface area contributed by atoms with Crippen molar-refractivity contribution >= 4 is 0 Å². The fourth-order valence-corrected chi connectivity index (χ4v) is 12.1. The summed E-state index contributed by atoms with van der Waals surface area (Å²) in [7, 11) is 1.37. The number of aliphatic hydroxyl groups is 8. The molecule has 6 rings (SSSR count). The number of hydrogen-bond donors (Lipinski definition) is 8. The van der Waals surface area contributed by atoms with E-state index in [0.717, 1.165) is 25.7 Å². The summed E-state index contributed by atoms with van der Waals surface area (Å²) in [6.45, 7) is 10.4. The molecule has 8 N–H and O–H groups in total. The molecular weight excluding hydrogens is 664 g/mol. The summed E-state index contributed by atoms with van der Waals surface area (Å²) < 4.78 is 28.8. The van der Waals surface area contributed by atoms with Crippen LogP contribution < -0.4 is 0 Å². The number of ether oxygens (including phenoxy) is 5. The van der Waals surface area contributed by atoms with Crippen LogP contribution in [0, 0.1) is 46.3 Å². The van der Waals surface area contributed by atoms with Crippen LogP contribution in [0.5, 0.6) is 0 Å². The lowest BCUT2D eigenvalue weighted by Gasteiger charge is -2.66. The van der Waals surface area contributed by atoms with Crippen LogP contribution in [0.25, 0.3) is 0 Å². The minimum Gasteiger partial charge on any atom is -0.393 e. The molecule has 20 atom stereocenters. The van der Waals surface area contributed by atoms with Crippen LogP contribution in [0.15, 0.2) is 0 Å². The van der Waals surface area contributed by atoms with Crippen LogP contribution >= 0.6 is 0 Å². The van der Waals surface area contributed by atoms with Crippen LogP contribution in [0.4, 0.5) is 0 Å². The number of fused-ring (bicyclic) bond motifs is 5. The van der Waals surface area contributed by atoms with Gasteiger partial charge in [0.25, 0.3) is 0 Å². The molecule has 0 amide bonds. The van der Waals surface area contributed by atoms with E-state index in [4.69, 9.17) is 23.7 Å². The Hall–Kier alpha value is -0.520. The highest BCUT2D eigenvalue weighted by molar-refractivity contribution is 5.20. The Morgan fingerprint density at radius 1 is 0.804 bits per heavy atom. The lowest BCUT2D eigenvalue weighted by atomic mass is 9.42. The third-order valence-corrected chi connectivity index (χ3v) is 14.8. The molecule has 4 saturated carbocycles. The monoisotopic (exact) mass is 730 g/mol. The van der Waals surface area contributed by atoms with Gasteiger partial charge in [-0.15, -0.1) is 0 Å². The third kappa shape index (κ3) is 7.08. The van der Waals surface area contributed by atoms with Crippen LogP contribution in [-0.4, -0.2) is 140 Å². The molecule has 13 heteroatoms. The molecule has 0 radical (unpaired) electrons. The molecule has 6 fully saturated rings. The van der Waals surface area contributed by atoms with Crippen molar-refractivity contribution in [3.8, 4) is 0 Å². The second-order valence-corrected chi connectivity index (χ2v) is 18.1. The molecule has 4 aliphatic carbocycles. The molecule has 0 aromatic carbocycles. The Kier molecular flexibility index (Phi) is 12.0. The zero-order valence-corrected chi connectivity index (χ0v) is 31.3. The normalized spacial score (nSPS) is 52.6. The minimum absolute atomic E-state index is 0.0371. The fourth-order valence-electron chi connectivity index (χ4n) is 12.1. The number of aliphatic hydroxyl groups excluding tert-OH is 7. The first kappa shape index (κ1) is 40.2. The molecule has 0 bridgehead atoms. The summed E-state index contributed by atoms with van der Waals surface area (Å²) in [5.74, 6) is -0.0134. The Morgan fingerprint density at radius 3 is 2.20 bits per heavy atom. The summed E-state index contributed by atoms with van der Waals surface area (Å²) in [5, 5.41) is 88.0. The van der Waals surface area contributed by atoms with Crippen LogP contribution in [0.3, 0.4) is 0 Å². The molecular formula is C38H66O13. The highest BCUT2D eigenvalue weighted by atomic mass is 16.7. The van der Waals surface area contributed by atoms with Crippen molar-refractivity contribution in [2.45, 2.75) is 172 Å². The molecule has 296 valence electrons. The molecule has 0 aromatic heterocycles. The Balaban J connectivity index is 1.07. The van der Waals surface area contributed by atoms with Gasteiger partial charge in [0.2, 0.25) is 0 Å². The van der Waals surface area contributed by atoms with Gasteiger partial charge in [-0.25, -0.2) is 0 Å². The predicted molar refractivity (Wildman–Crippen MR) is 183 cm³/mol. The summed E-state index contributed by atoms with van der Waals surface area (Å²) in [6, 6.07) is 0. The maximum absolute atomic E-state index is 12.6. The van der Waals surface area contributed by atoms with Gasteiger partial charge in [0.05, 0.1) is 43.2 Å². The van der Waals surface area contributed by atoms with E-state index in [1.54, 1.807) is 0 Å². The number of hydrogen-bond acceptors (Lipinski definition) is 13.